The maximum absolute atomic E-state index is 5.37. The van der Waals surface area contributed by atoms with Crippen LogP contribution in [-0.2, 0) is 0 Å². The molecule has 2 heteroatoms. The van der Waals surface area contributed by atoms with E-state index >= 15 is 0 Å². The topological polar surface area (TPSA) is 9.23 Å². The van der Waals surface area contributed by atoms with Crippen molar-refractivity contribution in [2.75, 3.05) is 7.11 Å². The Hall–Kier alpha value is -2.32. The van der Waals surface area contributed by atoms with E-state index in [2.05, 4.69) is 83.5 Å². The quantitative estimate of drug-likeness (QED) is 0.352. The smallest absolute Gasteiger partial charge is 0.119 e. The average molecular weight is 377 g/mol. The van der Waals surface area contributed by atoms with Crippen molar-refractivity contribution in [1.82, 2.24) is 0 Å². The van der Waals surface area contributed by atoms with E-state index in [1.807, 2.05) is 6.07 Å². The summed E-state index contributed by atoms with van der Waals surface area (Å²) in [4.78, 5) is 0. The molecule has 0 N–H and O–H groups in total. The maximum atomic E-state index is 5.37. The Balaban J connectivity index is 2.19. The third-order valence-corrected chi connectivity index (χ3v) is 5.42. The number of ether oxygens (including phenoxy) is 1. The van der Waals surface area contributed by atoms with E-state index in [0.717, 1.165) is 10.2 Å². The second-order valence-electron chi connectivity index (χ2n) is 5.96. The second kappa shape index (κ2) is 5.95. The number of rotatable bonds is 2. The highest BCUT2D eigenvalue weighted by molar-refractivity contribution is 9.10. The third kappa shape index (κ3) is 2.30. The lowest BCUT2D eigenvalue weighted by Gasteiger charge is -2.16. The Bertz CT molecular complexity index is 1010. The molecular formula is C22H17BrO. The molecule has 0 bridgehead atoms. The van der Waals surface area contributed by atoms with E-state index in [-0.39, 0.29) is 0 Å². The van der Waals surface area contributed by atoms with Crippen molar-refractivity contribution in [2.24, 2.45) is 0 Å². The van der Waals surface area contributed by atoms with Crippen LogP contribution in [0.3, 0.4) is 0 Å². The fourth-order valence-corrected chi connectivity index (χ4v) is 4.10. The first kappa shape index (κ1) is 15.2. The number of aryl methyl sites for hydroxylation is 1. The summed E-state index contributed by atoms with van der Waals surface area (Å²) in [6, 6.07) is 23.4. The van der Waals surface area contributed by atoms with Crippen molar-refractivity contribution < 1.29 is 4.74 Å². The molecule has 1 nitrogen and oxygen atoms in total. The molecule has 0 atom stereocenters. The minimum Gasteiger partial charge on any atom is -0.497 e. The minimum absolute atomic E-state index is 0.891. The van der Waals surface area contributed by atoms with Crippen molar-refractivity contribution in [2.45, 2.75) is 6.92 Å². The predicted octanol–water partition coefficient (Wildman–Crippen LogP) is 6.74. The lowest BCUT2D eigenvalue weighted by Crippen LogP contribution is -1.91. The molecule has 4 aromatic carbocycles. The number of fused-ring (bicyclic) bond motifs is 2. The minimum atomic E-state index is 0.891. The number of hydrogen-bond acceptors (Lipinski definition) is 1. The van der Waals surface area contributed by atoms with Crippen molar-refractivity contribution >= 4 is 37.5 Å². The first-order valence-corrected chi connectivity index (χ1v) is 8.74. The summed E-state index contributed by atoms with van der Waals surface area (Å²) < 4.78 is 6.53. The number of hydrogen-bond donors (Lipinski definition) is 0. The highest BCUT2D eigenvalue weighted by Crippen LogP contribution is 2.42. The second-order valence-corrected chi connectivity index (χ2v) is 6.75. The van der Waals surface area contributed by atoms with Crippen LogP contribution in [0.25, 0.3) is 32.7 Å². The number of benzene rings is 4. The molecule has 0 amide bonds. The Morgan fingerprint density at radius 3 is 1.79 bits per heavy atom. The van der Waals surface area contributed by atoms with E-state index in [0.29, 0.717) is 0 Å². The molecule has 4 aromatic rings. The Labute approximate surface area is 150 Å². The van der Waals surface area contributed by atoms with E-state index < -0.39 is 0 Å². The van der Waals surface area contributed by atoms with Gasteiger partial charge in [-0.1, -0.05) is 54.6 Å². The van der Waals surface area contributed by atoms with Crippen LogP contribution in [0.1, 0.15) is 5.56 Å². The van der Waals surface area contributed by atoms with Crippen molar-refractivity contribution in [3.8, 4) is 16.9 Å². The van der Waals surface area contributed by atoms with Gasteiger partial charge in [0.05, 0.1) is 7.11 Å². The molecule has 0 fully saturated rings. The van der Waals surface area contributed by atoms with Gasteiger partial charge in [-0.05, 0) is 73.2 Å². The molecule has 0 aliphatic heterocycles. The first-order chi connectivity index (χ1) is 11.7. The summed E-state index contributed by atoms with van der Waals surface area (Å²) in [5.41, 5.74) is 3.74. The molecule has 0 aliphatic carbocycles. The first-order valence-electron chi connectivity index (χ1n) is 7.94. The predicted molar refractivity (Wildman–Crippen MR) is 106 cm³/mol. The zero-order valence-electron chi connectivity index (χ0n) is 13.6. The van der Waals surface area contributed by atoms with Gasteiger partial charge in [-0.3, -0.25) is 0 Å². The Morgan fingerprint density at radius 2 is 1.29 bits per heavy atom. The summed E-state index contributed by atoms with van der Waals surface area (Å²) >= 11 is 3.81. The van der Waals surface area contributed by atoms with Gasteiger partial charge >= 0.3 is 0 Å². The number of halogens is 1. The normalized spacial score (nSPS) is 11.1. The van der Waals surface area contributed by atoms with E-state index in [1.165, 1.54) is 38.2 Å². The maximum Gasteiger partial charge on any atom is 0.119 e. The van der Waals surface area contributed by atoms with Crippen LogP contribution in [0.2, 0.25) is 0 Å². The zero-order chi connectivity index (χ0) is 16.7. The molecule has 118 valence electrons. The Kier molecular flexibility index (Phi) is 3.78. The fraction of sp³-hybridized carbons (Fsp3) is 0.0909. The highest BCUT2D eigenvalue weighted by atomic mass is 79.9. The fourth-order valence-electron chi connectivity index (χ4n) is 3.41. The van der Waals surface area contributed by atoms with Crippen LogP contribution in [0.5, 0.6) is 5.75 Å². The van der Waals surface area contributed by atoms with Crippen LogP contribution < -0.4 is 4.74 Å². The molecule has 0 unspecified atom stereocenters. The molecule has 24 heavy (non-hydrogen) atoms. The molecule has 0 aromatic heterocycles. The molecule has 0 spiro atoms. The largest absolute Gasteiger partial charge is 0.497 e. The summed E-state index contributed by atoms with van der Waals surface area (Å²) in [6.45, 7) is 2.14. The Morgan fingerprint density at radius 1 is 0.750 bits per heavy atom. The lowest BCUT2D eigenvalue weighted by atomic mass is 9.90. The monoisotopic (exact) mass is 376 g/mol. The van der Waals surface area contributed by atoms with Crippen molar-refractivity contribution in [3.63, 3.8) is 0 Å². The van der Waals surface area contributed by atoms with Gasteiger partial charge in [-0.2, -0.15) is 0 Å². The molecule has 0 aliphatic rings. The van der Waals surface area contributed by atoms with Crippen LogP contribution in [0, 0.1) is 6.92 Å². The molecule has 4 rings (SSSR count). The average Bonchev–Trinajstić information content (AvgIpc) is 2.63. The van der Waals surface area contributed by atoms with Gasteiger partial charge in [0, 0.05) is 4.47 Å². The van der Waals surface area contributed by atoms with Crippen molar-refractivity contribution in [3.05, 3.63) is 76.8 Å². The van der Waals surface area contributed by atoms with Gasteiger partial charge in [0.2, 0.25) is 0 Å². The van der Waals surface area contributed by atoms with Crippen LogP contribution in [0.15, 0.2) is 71.2 Å². The molecule has 0 saturated heterocycles. The van der Waals surface area contributed by atoms with Crippen molar-refractivity contribution in [1.29, 1.82) is 0 Å². The van der Waals surface area contributed by atoms with Gasteiger partial charge in [0.15, 0.2) is 0 Å². The molecule has 0 saturated carbocycles. The molecule has 0 heterocycles. The summed E-state index contributed by atoms with van der Waals surface area (Å²) in [6.07, 6.45) is 0. The van der Waals surface area contributed by atoms with Gasteiger partial charge in [0.1, 0.15) is 5.75 Å². The summed E-state index contributed by atoms with van der Waals surface area (Å²) in [5.74, 6) is 0.891. The van der Waals surface area contributed by atoms with Crippen LogP contribution in [0.4, 0.5) is 0 Å². The summed E-state index contributed by atoms with van der Waals surface area (Å²) in [5, 5.41) is 5.00. The molecule has 0 radical (unpaired) electrons. The van der Waals surface area contributed by atoms with E-state index in [1.54, 1.807) is 7.11 Å². The van der Waals surface area contributed by atoms with Crippen LogP contribution >= 0.6 is 15.9 Å². The van der Waals surface area contributed by atoms with Gasteiger partial charge in [0.25, 0.3) is 0 Å². The third-order valence-electron chi connectivity index (χ3n) is 4.57. The summed E-state index contributed by atoms with van der Waals surface area (Å²) in [7, 11) is 1.71. The molecular weight excluding hydrogens is 360 g/mol. The zero-order valence-corrected chi connectivity index (χ0v) is 15.2. The van der Waals surface area contributed by atoms with Gasteiger partial charge < -0.3 is 4.74 Å². The van der Waals surface area contributed by atoms with Crippen LogP contribution in [-0.4, -0.2) is 7.11 Å². The van der Waals surface area contributed by atoms with Gasteiger partial charge in [-0.15, -0.1) is 0 Å². The van der Waals surface area contributed by atoms with E-state index in [4.69, 9.17) is 4.74 Å². The van der Waals surface area contributed by atoms with Gasteiger partial charge in [-0.25, -0.2) is 0 Å². The lowest BCUT2D eigenvalue weighted by molar-refractivity contribution is 0.414. The standard InChI is InChI=1S/C22H17BrO/c1-14-13-15(24-2)11-12-16(14)21-17-7-3-5-9-19(17)22(23)20-10-6-4-8-18(20)21/h3-13H,1-2H3. The number of methoxy groups -OCH3 is 1. The highest BCUT2D eigenvalue weighted by Gasteiger charge is 2.15. The SMILES string of the molecule is COc1ccc(-c2c3ccccc3c(Br)c3ccccc23)c(C)c1. The van der Waals surface area contributed by atoms with E-state index in [9.17, 15) is 0 Å².